The van der Waals surface area contributed by atoms with Crippen LogP contribution in [-0.2, 0) is 22.2 Å². The van der Waals surface area contributed by atoms with E-state index in [1.807, 2.05) is 15.2 Å². The molecule has 11 rings (SSSR count). The summed E-state index contributed by atoms with van der Waals surface area (Å²) in [6, 6.07) is 42.4. The number of carbonyl (C=O) groups excluding carboxylic acids is 1. The summed E-state index contributed by atoms with van der Waals surface area (Å²) < 4.78 is 21.3. The summed E-state index contributed by atoms with van der Waals surface area (Å²) in [4.78, 5) is 55.0. The van der Waals surface area contributed by atoms with Gasteiger partial charge in [0.1, 0.15) is 11.1 Å². The van der Waals surface area contributed by atoms with Crippen LogP contribution in [0.3, 0.4) is 0 Å². The SMILES string of the molecule is CCOC(=O)c1cn(C2CC2)c2c(OC)c(Br)ccc2c1=O.COc1c(-c2cc3c(s2)CN(C(c2ccccc2)(c2ccccc2)c2ccccc2)CC3(C)C)ccc2c(=O)c(C(=O)O)cn(C3CC3)c12. The summed E-state index contributed by atoms with van der Waals surface area (Å²) in [6.07, 6.45) is 7.04. The minimum Gasteiger partial charge on any atom is -0.494 e. The fourth-order valence-electron chi connectivity index (χ4n) is 10.6. The molecule has 2 fully saturated rings. The molecule has 1 N–H and O–H groups in total. The average Bonchev–Trinajstić information content (AvgIpc) is 4.33. The number of ether oxygens (including phenoxy) is 3. The Morgan fingerprint density at radius 3 is 1.70 bits per heavy atom. The number of nitrogens with zero attached hydrogens (tertiary/aromatic N) is 3. The van der Waals surface area contributed by atoms with Crippen LogP contribution in [-0.4, -0.2) is 58.5 Å². The largest absolute Gasteiger partial charge is 0.494 e. The lowest BCUT2D eigenvalue weighted by Gasteiger charge is -2.50. The maximum absolute atomic E-state index is 13.4. The first kappa shape index (κ1) is 47.9. The monoisotopic (exact) mass is 1030 g/mol. The molecule has 3 aliphatic rings. The topological polar surface area (TPSA) is 129 Å². The molecule has 8 aromatic rings. The number of thiophene rings is 1. The number of aromatic carboxylic acids is 1. The van der Waals surface area contributed by atoms with Crippen LogP contribution < -0.4 is 20.3 Å². The maximum atomic E-state index is 13.4. The number of aromatic nitrogens is 2. The molecule has 2 aliphatic carbocycles. The van der Waals surface area contributed by atoms with Gasteiger partial charge in [-0.3, -0.25) is 14.5 Å². The third kappa shape index (κ3) is 8.47. The molecule has 71 heavy (non-hydrogen) atoms. The second kappa shape index (κ2) is 19.1. The van der Waals surface area contributed by atoms with Crippen molar-refractivity contribution < 1.29 is 28.9 Å². The number of carboxylic acids is 1. The lowest BCUT2D eigenvalue weighted by molar-refractivity contribution is 0.0523. The number of pyridine rings is 2. The van der Waals surface area contributed by atoms with E-state index < -0.39 is 22.9 Å². The van der Waals surface area contributed by atoms with Gasteiger partial charge in [-0.15, -0.1) is 11.3 Å². The van der Waals surface area contributed by atoms with Crippen molar-refractivity contribution in [3.8, 4) is 21.9 Å². The fraction of sp³-hybridized carbons (Fsp3) is 0.276. The molecule has 0 saturated heterocycles. The first-order chi connectivity index (χ1) is 34.3. The van der Waals surface area contributed by atoms with Crippen molar-refractivity contribution in [1.29, 1.82) is 0 Å². The molecule has 2 saturated carbocycles. The van der Waals surface area contributed by atoms with Crippen LogP contribution in [0.1, 0.15) is 106 Å². The van der Waals surface area contributed by atoms with Crippen LogP contribution in [0.25, 0.3) is 32.2 Å². The van der Waals surface area contributed by atoms with E-state index in [1.165, 1.54) is 33.3 Å². The highest BCUT2D eigenvalue weighted by Gasteiger charge is 2.47. The second-order valence-electron chi connectivity index (χ2n) is 19.1. The van der Waals surface area contributed by atoms with Crippen LogP contribution in [0.15, 0.2) is 148 Å². The van der Waals surface area contributed by atoms with E-state index in [-0.39, 0.29) is 34.6 Å². The normalized spacial score (nSPS) is 15.4. The van der Waals surface area contributed by atoms with Crippen LogP contribution in [0.5, 0.6) is 11.5 Å². The van der Waals surface area contributed by atoms with Crippen molar-refractivity contribution in [1.82, 2.24) is 14.0 Å². The average molecular weight is 1030 g/mol. The highest BCUT2D eigenvalue weighted by atomic mass is 79.9. The number of carbonyl (C=O) groups is 2. The number of methoxy groups -OCH3 is 2. The number of hydrogen-bond acceptors (Lipinski definition) is 9. The minimum absolute atomic E-state index is 0.0747. The van der Waals surface area contributed by atoms with Crippen LogP contribution in [0.2, 0.25) is 0 Å². The first-order valence-corrected chi connectivity index (χ1v) is 25.6. The third-order valence-electron chi connectivity index (χ3n) is 14.0. The smallest absolute Gasteiger partial charge is 0.343 e. The van der Waals surface area contributed by atoms with E-state index in [9.17, 15) is 24.3 Å². The van der Waals surface area contributed by atoms with E-state index in [0.717, 1.165) is 59.2 Å². The first-order valence-electron chi connectivity index (χ1n) is 23.9. The van der Waals surface area contributed by atoms with E-state index in [4.69, 9.17) is 14.2 Å². The fourth-order valence-corrected chi connectivity index (χ4v) is 12.4. The molecule has 0 amide bonds. The molecule has 1 aliphatic heterocycles. The summed E-state index contributed by atoms with van der Waals surface area (Å²) in [5.74, 6) is -0.568. The molecule has 362 valence electrons. The molecular formula is C58H54BrN3O8S. The molecule has 11 nitrogen and oxygen atoms in total. The van der Waals surface area contributed by atoms with Crippen LogP contribution in [0, 0.1) is 0 Å². The lowest BCUT2D eigenvalue weighted by atomic mass is 9.72. The van der Waals surface area contributed by atoms with Crippen molar-refractivity contribution in [3.05, 3.63) is 197 Å². The standard InChI is InChI=1S/C42H38N2O4S.C16H16BrNO4/c1-41(2)26-43(42(27-13-7-4-8-14-27,28-15-9-5-10-16-28)29-17-11-6-12-18-29)25-36-34(41)23-35(49-36)31-21-22-32-37(39(31)48-3)44(30-19-20-30)24-33(38(32)45)40(46)47;1-3-22-16(20)11-8-18(9-4-5-9)13-10(14(11)19)6-7-12(17)15(13)21-2/h4-18,21-24,30H,19-20,25-26H2,1-3H3,(H,46,47);6-9H,3-5H2,1-2H3. The number of esters is 1. The zero-order chi connectivity index (χ0) is 49.8. The molecule has 0 atom stereocenters. The Hall–Kier alpha value is -6.80. The van der Waals surface area contributed by atoms with Crippen LogP contribution in [0.4, 0.5) is 0 Å². The van der Waals surface area contributed by atoms with Gasteiger partial charge in [0.25, 0.3) is 0 Å². The molecule has 0 unspecified atom stereocenters. The van der Waals surface area contributed by atoms with Gasteiger partial charge in [-0.05, 0) is 101 Å². The molecule has 13 heteroatoms. The molecule has 4 heterocycles. The summed E-state index contributed by atoms with van der Waals surface area (Å²) in [5.41, 5.74) is 5.61. The molecule has 0 bridgehead atoms. The summed E-state index contributed by atoms with van der Waals surface area (Å²) in [6.45, 7) is 8.18. The van der Waals surface area contributed by atoms with Gasteiger partial charge < -0.3 is 28.5 Å². The predicted octanol–water partition coefficient (Wildman–Crippen LogP) is 12.1. The van der Waals surface area contributed by atoms with Gasteiger partial charge >= 0.3 is 11.9 Å². The second-order valence-corrected chi connectivity index (χ2v) is 21.1. The lowest BCUT2D eigenvalue weighted by Crippen LogP contribution is -2.54. The van der Waals surface area contributed by atoms with Crippen molar-refractivity contribution in [3.63, 3.8) is 0 Å². The van der Waals surface area contributed by atoms with Gasteiger partial charge in [0.05, 0.1) is 52.6 Å². The van der Waals surface area contributed by atoms with Gasteiger partial charge in [-0.2, -0.15) is 0 Å². The number of halogens is 1. The number of rotatable bonds is 12. The van der Waals surface area contributed by atoms with Crippen LogP contribution >= 0.6 is 27.3 Å². The van der Waals surface area contributed by atoms with Gasteiger partial charge in [0.2, 0.25) is 10.9 Å². The Labute approximate surface area is 424 Å². The Morgan fingerprint density at radius 2 is 1.21 bits per heavy atom. The number of benzene rings is 5. The maximum Gasteiger partial charge on any atom is 0.343 e. The van der Waals surface area contributed by atoms with Gasteiger partial charge in [-0.25, -0.2) is 9.59 Å². The van der Waals surface area contributed by atoms with E-state index in [0.29, 0.717) is 33.8 Å². The van der Waals surface area contributed by atoms with E-state index in [1.54, 1.807) is 56.9 Å². The molecular weight excluding hydrogens is 979 g/mol. The molecule has 3 aromatic heterocycles. The van der Waals surface area contributed by atoms with Crippen molar-refractivity contribution in [2.24, 2.45) is 0 Å². The number of carboxylic acid groups (broad SMARTS) is 1. The zero-order valence-corrected chi connectivity index (χ0v) is 42.6. The highest BCUT2D eigenvalue weighted by molar-refractivity contribution is 9.10. The zero-order valence-electron chi connectivity index (χ0n) is 40.2. The minimum atomic E-state index is -1.21. The summed E-state index contributed by atoms with van der Waals surface area (Å²) in [7, 11) is 3.21. The highest BCUT2D eigenvalue weighted by Crippen LogP contribution is 2.52. The summed E-state index contributed by atoms with van der Waals surface area (Å²) >= 11 is 5.22. The molecule has 0 radical (unpaired) electrons. The van der Waals surface area contributed by atoms with E-state index in [2.05, 4.69) is 132 Å². The van der Waals surface area contributed by atoms with Crippen molar-refractivity contribution >= 4 is 61.0 Å². The van der Waals surface area contributed by atoms with Gasteiger partial charge in [0, 0.05) is 58.3 Å². The quantitative estimate of drug-likeness (QED) is 0.0939. The third-order valence-corrected chi connectivity index (χ3v) is 15.8. The molecule has 5 aromatic carbocycles. The Kier molecular flexibility index (Phi) is 12.9. The predicted molar refractivity (Wildman–Crippen MR) is 283 cm³/mol. The van der Waals surface area contributed by atoms with Crippen molar-refractivity contribution in [2.75, 3.05) is 27.4 Å². The molecule has 0 spiro atoms. The number of fused-ring (bicyclic) bond motifs is 3. The van der Waals surface area contributed by atoms with Gasteiger partial charge in [0.15, 0.2) is 11.5 Å². The summed E-state index contributed by atoms with van der Waals surface area (Å²) in [5, 5.41) is 10.6. The Bertz CT molecular complexity index is 3370. The Balaban J connectivity index is 0.000000221. The number of hydrogen-bond donors (Lipinski definition) is 1. The van der Waals surface area contributed by atoms with E-state index >= 15 is 0 Å². The van der Waals surface area contributed by atoms with Gasteiger partial charge in [-0.1, -0.05) is 105 Å². The van der Waals surface area contributed by atoms with Crippen molar-refractivity contribution in [2.45, 2.75) is 76.0 Å². The Morgan fingerprint density at radius 1 is 0.718 bits per heavy atom.